The zero-order valence-corrected chi connectivity index (χ0v) is 15.2. The third kappa shape index (κ3) is 5.65. The quantitative estimate of drug-likeness (QED) is 0.702. The summed E-state index contributed by atoms with van der Waals surface area (Å²) >= 11 is 11.0. The van der Waals surface area contributed by atoms with Gasteiger partial charge in [-0.05, 0) is 31.0 Å². The largest absolute Gasteiger partial charge is 0.494 e. The number of carbonyl (C=O) groups excluding carboxylic acids is 2. The number of alkyl halides is 2. The van der Waals surface area contributed by atoms with Gasteiger partial charge in [-0.1, -0.05) is 0 Å². The van der Waals surface area contributed by atoms with Crippen LogP contribution in [-0.4, -0.2) is 44.3 Å². The van der Waals surface area contributed by atoms with E-state index >= 15 is 0 Å². The van der Waals surface area contributed by atoms with Crippen LogP contribution in [0.3, 0.4) is 0 Å². The Bertz CT molecular complexity index is 596. The van der Waals surface area contributed by atoms with Gasteiger partial charge < -0.3 is 14.2 Å². The molecule has 0 atom stereocenters. The lowest BCUT2D eigenvalue weighted by atomic mass is 10.0. The zero-order valence-electron chi connectivity index (χ0n) is 13.7. The van der Waals surface area contributed by atoms with Gasteiger partial charge in [0.2, 0.25) is 0 Å². The molecule has 0 saturated heterocycles. The van der Waals surface area contributed by atoms with Crippen LogP contribution in [0.4, 0.5) is 21.0 Å². The van der Waals surface area contributed by atoms with E-state index in [1.54, 1.807) is 13.0 Å². The number of ether oxygens (including phenoxy) is 3. The number of hydrogen-bond donors (Lipinski definition) is 2. The van der Waals surface area contributed by atoms with E-state index in [1.807, 2.05) is 6.92 Å². The Morgan fingerprint density at radius 2 is 1.46 bits per heavy atom. The average molecular weight is 379 g/mol. The Balaban J connectivity index is 3.04. The van der Waals surface area contributed by atoms with Gasteiger partial charge in [0, 0.05) is 5.69 Å². The summed E-state index contributed by atoms with van der Waals surface area (Å²) in [6, 6.07) is 1.56. The highest BCUT2D eigenvalue weighted by molar-refractivity contribution is 6.18. The van der Waals surface area contributed by atoms with E-state index in [9.17, 15) is 9.59 Å². The summed E-state index contributed by atoms with van der Waals surface area (Å²) < 4.78 is 15.1. The van der Waals surface area contributed by atoms with Crippen LogP contribution < -0.4 is 15.4 Å². The minimum Gasteiger partial charge on any atom is -0.494 e. The Hall–Kier alpha value is -1.86. The van der Waals surface area contributed by atoms with Crippen LogP contribution in [0.1, 0.15) is 11.1 Å². The van der Waals surface area contributed by atoms with Crippen LogP contribution >= 0.6 is 23.2 Å². The topological polar surface area (TPSA) is 85.9 Å². The molecule has 0 aliphatic heterocycles. The molecule has 0 aliphatic carbocycles. The molecule has 2 N–H and O–H groups in total. The standard InChI is InChI=1S/C15H20Cl2N2O5/c1-9-10(2)13(22-3)12(19-15(21)24-7-5-17)8-11(9)18-14(20)23-6-4-16/h8H,4-7H2,1-3H3,(H,18,20)(H,19,21). The molecule has 0 unspecified atom stereocenters. The number of anilines is 2. The molecule has 0 spiro atoms. The van der Waals surface area contributed by atoms with E-state index in [4.69, 9.17) is 37.4 Å². The molecule has 0 aliphatic rings. The molecule has 1 aromatic carbocycles. The summed E-state index contributed by atoms with van der Waals surface area (Å²) in [5.41, 5.74) is 2.35. The Morgan fingerprint density at radius 3 is 1.92 bits per heavy atom. The molecular weight excluding hydrogens is 359 g/mol. The van der Waals surface area contributed by atoms with Gasteiger partial charge in [-0.25, -0.2) is 9.59 Å². The van der Waals surface area contributed by atoms with Gasteiger partial charge in [-0.3, -0.25) is 10.6 Å². The predicted octanol–water partition coefficient (Wildman–Crippen LogP) is 3.89. The first-order valence-corrected chi connectivity index (χ1v) is 8.19. The van der Waals surface area contributed by atoms with Gasteiger partial charge in [0.1, 0.15) is 19.0 Å². The first-order valence-electron chi connectivity index (χ1n) is 7.12. The van der Waals surface area contributed by atoms with Crippen molar-refractivity contribution in [3.8, 4) is 5.75 Å². The van der Waals surface area contributed by atoms with Crippen LogP contribution in [0.15, 0.2) is 6.07 Å². The molecule has 0 heterocycles. The number of methoxy groups -OCH3 is 1. The smallest absolute Gasteiger partial charge is 0.411 e. The molecule has 134 valence electrons. The molecule has 2 amide bonds. The fourth-order valence-electron chi connectivity index (χ4n) is 1.93. The van der Waals surface area contributed by atoms with Crippen molar-refractivity contribution in [2.45, 2.75) is 13.8 Å². The SMILES string of the molecule is COc1c(NC(=O)OCCCl)cc(NC(=O)OCCCl)c(C)c1C. The fraction of sp³-hybridized carbons (Fsp3) is 0.467. The number of nitrogens with one attached hydrogen (secondary N) is 2. The highest BCUT2D eigenvalue weighted by Crippen LogP contribution is 2.36. The highest BCUT2D eigenvalue weighted by atomic mass is 35.5. The molecule has 24 heavy (non-hydrogen) atoms. The summed E-state index contributed by atoms with van der Waals surface area (Å²) in [6.07, 6.45) is -1.31. The lowest BCUT2D eigenvalue weighted by molar-refractivity contribution is 0.168. The first kappa shape index (κ1) is 20.2. The molecule has 9 heteroatoms. The van der Waals surface area contributed by atoms with Gasteiger partial charge in [0.15, 0.2) is 0 Å². The third-order valence-corrected chi connectivity index (χ3v) is 3.45. The number of amides is 2. The Labute approximate surface area is 150 Å². The molecule has 7 nitrogen and oxygen atoms in total. The van der Waals surface area contributed by atoms with Crippen molar-refractivity contribution in [1.82, 2.24) is 0 Å². The van der Waals surface area contributed by atoms with E-state index in [2.05, 4.69) is 10.6 Å². The molecule has 0 aromatic heterocycles. The number of carbonyl (C=O) groups is 2. The highest BCUT2D eigenvalue weighted by Gasteiger charge is 2.17. The second-order valence-corrected chi connectivity index (χ2v) is 5.41. The van der Waals surface area contributed by atoms with Gasteiger partial charge in [-0.2, -0.15) is 0 Å². The van der Waals surface area contributed by atoms with Crippen LogP contribution in [0.25, 0.3) is 0 Å². The second-order valence-electron chi connectivity index (χ2n) is 4.65. The number of hydrogen-bond acceptors (Lipinski definition) is 5. The zero-order chi connectivity index (χ0) is 18.1. The Morgan fingerprint density at radius 1 is 0.958 bits per heavy atom. The van der Waals surface area contributed by atoms with Gasteiger partial charge in [0.25, 0.3) is 0 Å². The summed E-state index contributed by atoms with van der Waals surface area (Å²) in [7, 11) is 1.49. The van der Waals surface area contributed by atoms with E-state index in [-0.39, 0.29) is 25.0 Å². The maximum absolute atomic E-state index is 11.7. The molecule has 0 saturated carbocycles. The van der Waals surface area contributed by atoms with Gasteiger partial charge in [0.05, 0.1) is 24.6 Å². The van der Waals surface area contributed by atoms with E-state index in [1.165, 1.54) is 7.11 Å². The van der Waals surface area contributed by atoms with Crippen molar-refractivity contribution < 1.29 is 23.8 Å². The summed E-state index contributed by atoms with van der Waals surface area (Å²) in [5.74, 6) is 0.860. The van der Waals surface area contributed by atoms with Crippen molar-refractivity contribution in [1.29, 1.82) is 0 Å². The molecule has 0 radical (unpaired) electrons. The van der Waals surface area contributed by atoms with Crippen molar-refractivity contribution in [3.63, 3.8) is 0 Å². The maximum Gasteiger partial charge on any atom is 0.411 e. The first-order chi connectivity index (χ1) is 11.4. The monoisotopic (exact) mass is 378 g/mol. The average Bonchev–Trinajstić information content (AvgIpc) is 2.56. The van der Waals surface area contributed by atoms with Crippen molar-refractivity contribution in [2.75, 3.05) is 42.7 Å². The number of benzene rings is 1. The van der Waals surface area contributed by atoms with Crippen LogP contribution in [0.5, 0.6) is 5.75 Å². The molecule has 1 aromatic rings. The van der Waals surface area contributed by atoms with Crippen LogP contribution in [-0.2, 0) is 9.47 Å². The molecule has 0 fully saturated rings. The summed E-state index contributed by atoms with van der Waals surface area (Å²) in [5, 5.41) is 5.17. The summed E-state index contributed by atoms with van der Waals surface area (Å²) in [4.78, 5) is 23.5. The van der Waals surface area contributed by atoms with Crippen molar-refractivity contribution >= 4 is 46.8 Å². The molecular formula is C15H20Cl2N2O5. The minimum absolute atomic E-state index is 0.0798. The molecule has 0 bridgehead atoms. The minimum atomic E-state index is -0.673. The van der Waals surface area contributed by atoms with Gasteiger partial charge >= 0.3 is 12.2 Å². The predicted molar refractivity (Wildman–Crippen MR) is 93.8 cm³/mol. The van der Waals surface area contributed by atoms with Crippen molar-refractivity contribution in [2.24, 2.45) is 0 Å². The van der Waals surface area contributed by atoms with Crippen LogP contribution in [0.2, 0.25) is 0 Å². The van der Waals surface area contributed by atoms with E-state index in [0.717, 1.165) is 11.1 Å². The fourth-order valence-corrected chi connectivity index (χ4v) is 2.09. The van der Waals surface area contributed by atoms with E-state index < -0.39 is 12.2 Å². The Kier molecular flexibility index (Phi) is 8.49. The lowest BCUT2D eigenvalue weighted by Crippen LogP contribution is -2.18. The lowest BCUT2D eigenvalue weighted by Gasteiger charge is -2.18. The normalized spacial score (nSPS) is 10.0. The second kappa shape index (κ2) is 10.1. The number of rotatable bonds is 7. The summed E-state index contributed by atoms with van der Waals surface area (Å²) in [6.45, 7) is 3.79. The van der Waals surface area contributed by atoms with Crippen molar-refractivity contribution in [3.05, 3.63) is 17.2 Å². The third-order valence-electron chi connectivity index (χ3n) is 3.14. The number of halogens is 2. The molecule has 1 rings (SSSR count). The van der Waals surface area contributed by atoms with E-state index in [0.29, 0.717) is 17.1 Å². The maximum atomic E-state index is 11.7. The van der Waals surface area contributed by atoms with Crippen LogP contribution in [0, 0.1) is 13.8 Å². The van der Waals surface area contributed by atoms with Gasteiger partial charge in [-0.15, -0.1) is 23.2 Å².